The van der Waals surface area contributed by atoms with E-state index in [0.717, 1.165) is 11.0 Å². The second-order valence-electron chi connectivity index (χ2n) is 2.53. The summed E-state index contributed by atoms with van der Waals surface area (Å²) in [6, 6.07) is 9.12. The van der Waals surface area contributed by atoms with Crippen molar-refractivity contribution in [2.45, 2.75) is 0 Å². The summed E-state index contributed by atoms with van der Waals surface area (Å²) < 4.78 is 26.5. The van der Waals surface area contributed by atoms with Crippen molar-refractivity contribution in [3.8, 4) is 0 Å². The van der Waals surface area contributed by atoms with Gasteiger partial charge in [-0.1, -0.05) is 36.9 Å². The van der Waals surface area contributed by atoms with E-state index in [4.69, 9.17) is 0 Å². The molecule has 0 radical (unpaired) electrons. The predicted octanol–water partition coefficient (Wildman–Crippen LogP) is -1.16. The Morgan fingerprint density at radius 1 is 1.27 bits per heavy atom. The van der Waals surface area contributed by atoms with E-state index < -0.39 is 10.1 Å². The molecule has 0 atom stereocenters. The van der Waals surface area contributed by atoms with Crippen LogP contribution in [0.15, 0.2) is 35.7 Å². The van der Waals surface area contributed by atoms with Gasteiger partial charge < -0.3 is 6.92 Å². The van der Waals surface area contributed by atoms with E-state index in [1.165, 1.54) is 6.08 Å². The molecule has 1 aromatic rings. The fraction of sp³-hybridized carbons (Fsp3) is 0.100. The molecular formula is C10H11NaO3S. The summed E-state index contributed by atoms with van der Waals surface area (Å²) in [6.45, 7) is 3.19. The van der Waals surface area contributed by atoms with Gasteiger partial charge in [0.1, 0.15) is 0 Å². The van der Waals surface area contributed by atoms with Crippen molar-refractivity contribution >= 4 is 16.2 Å². The molecule has 76 valence electrons. The molecule has 1 rings (SSSR count). The quantitative estimate of drug-likeness (QED) is 0.375. The summed E-state index contributed by atoms with van der Waals surface area (Å²) >= 11 is 0. The van der Waals surface area contributed by atoms with Crippen molar-refractivity contribution in [1.29, 1.82) is 0 Å². The molecule has 0 aliphatic carbocycles. The van der Waals surface area contributed by atoms with Crippen LogP contribution < -0.4 is 29.6 Å². The molecule has 0 spiro atoms. The third-order valence-corrected chi connectivity index (χ3v) is 2.44. The maximum atomic E-state index is 11.1. The molecule has 0 amide bonds. The smallest absolute Gasteiger partial charge is 0.317 e. The Hall–Kier alpha value is -0.130. The summed E-state index contributed by atoms with van der Waals surface area (Å²) in [6.07, 6.45) is 1.48. The van der Waals surface area contributed by atoms with Gasteiger partial charge in [0.25, 0.3) is 10.1 Å². The van der Waals surface area contributed by atoms with Crippen LogP contribution in [0.3, 0.4) is 0 Å². The van der Waals surface area contributed by atoms with Crippen molar-refractivity contribution in [3.63, 3.8) is 0 Å². The normalized spacial score (nSPS) is 11.3. The first kappa shape index (κ1) is 14.9. The minimum Gasteiger partial charge on any atom is -0.317 e. The maximum absolute atomic E-state index is 11.1. The first-order valence-corrected chi connectivity index (χ1v) is 5.53. The van der Waals surface area contributed by atoms with Crippen LogP contribution in [0.4, 0.5) is 0 Å². The van der Waals surface area contributed by atoms with Crippen LogP contribution in [0.2, 0.25) is 0 Å². The van der Waals surface area contributed by atoms with Gasteiger partial charge in [0, 0.05) is 0 Å². The van der Waals surface area contributed by atoms with Crippen molar-refractivity contribution in [3.05, 3.63) is 48.2 Å². The molecule has 0 N–H and O–H groups in total. The average Bonchev–Trinajstić information content (AvgIpc) is 2.17. The zero-order valence-corrected chi connectivity index (χ0v) is 11.4. The Balaban J connectivity index is 0.00000196. The monoisotopic (exact) mass is 234 g/mol. The first-order chi connectivity index (χ1) is 6.64. The van der Waals surface area contributed by atoms with E-state index in [1.807, 2.05) is 18.2 Å². The number of hydrogen-bond donors (Lipinski definition) is 0. The van der Waals surface area contributed by atoms with Gasteiger partial charge in [-0.3, -0.25) is 4.18 Å². The fourth-order valence-electron chi connectivity index (χ4n) is 0.881. The standard InChI is InChI=1S/C10H11O3S.Na/c1-2-13-14(11,12)9-8-10-6-4-3-5-7-10;/h3-9H,1-2H2;/q-1;+1. The van der Waals surface area contributed by atoms with Crippen molar-refractivity contribution in [2.75, 3.05) is 6.61 Å². The zero-order chi connectivity index (χ0) is 10.4. The molecule has 0 fully saturated rings. The Morgan fingerprint density at radius 3 is 2.40 bits per heavy atom. The predicted molar refractivity (Wildman–Crippen MR) is 55.7 cm³/mol. The summed E-state index contributed by atoms with van der Waals surface area (Å²) in [5.41, 5.74) is 0.809. The SMILES string of the molecule is [CH2-]COS(=O)(=O)C=Cc1ccccc1.[Na+]. The van der Waals surface area contributed by atoms with Gasteiger partial charge in [-0.15, -0.1) is 0 Å². The van der Waals surface area contributed by atoms with Gasteiger partial charge in [-0.25, -0.2) is 0 Å². The van der Waals surface area contributed by atoms with Gasteiger partial charge in [-0.2, -0.15) is 8.42 Å². The number of rotatable bonds is 4. The molecule has 0 saturated carbocycles. The van der Waals surface area contributed by atoms with E-state index in [9.17, 15) is 8.42 Å². The zero-order valence-electron chi connectivity index (χ0n) is 8.59. The van der Waals surface area contributed by atoms with Crippen LogP contribution in [0.5, 0.6) is 0 Å². The van der Waals surface area contributed by atoms with Crippen molar-refractivity contribution < 1.29 is 42.2 Å². The Kier molecular flexibility index (Phi) is 7.13. The third kappa shape index (κ3) is 6.12. The van der Waals surface area contributed by atoms with Crippen LogP contribution in [0.25, 0.3) is 6.08 Å². The van der Waals surface area contributed by atoms with Gasteiger partial charge in [0.15, 0.2) is 0 Å². The molecule has 0 aliphatic rings. The molecule has 0 aliphatic heterocycles. The third-order valence-electron chi connectivity index (χ3n) is 1.47. The van der Waals surface area contributed by atoms with Crippen molar-refractivity contribution in [1.82, 2.24) is 0 Å². The van der Waals surface area contributed by atoms with Crippen LogP contribution in [-0.4, -0.2) is 15.0 Å². The maximum Gasteiger partial charge on any atom is 1.00 e. The molecule has 0 saturated heterocycles. The first-order valence-electron chi connectivity index (χ1n) is 4.06. The molecule has 0 unspecified atom stereocenters. The van der Waals surface area contributed by atoms with E-state index in [-0.39, 0.29) is 36.2 Å². The van der Waals surface area contributed by atoms with Gasteiger partial charge in [0.05, 0.1) is 5.41 Å². The molecule has 0 aromatic heterocycles. The second-order valence-corrected chi connectivity index (χ2v) is 4.02. The van der Waals surface area contributed by atoms with Crippen LogP contribution in [0.1, 0.15) is 5.56 Å². The van der Waals surface area contributed by atoms with Crippen LogP contribution >= 0.6 is 0 Å². The largest absolute Gasteiger partial charge is 1.00 e. The van der Waals surface area contributed by atoms with E-state index >= 15 is 0 Å². The topological polar surface area (TPSA) is 43.4 Å². The van der Waals surface area contributed by atoms with Crippen LogP contribution in [-0.2, 0) is 14.3 Å². The van der Waals surface area contributed by atoms with Crippen molar-refractivity contribution in [2.24, 2.45) is 0 Å². The molecule has 0 heterocycles. The van der Waals surface area contributed by atoms with Gasteiger partial charge >= 0.3 is 29.6 Å². The minimum atomic E-state index is -3.57. The van der Waals surface area contributed by atoms with Crippen LogP contribution in [0, 0.1) is 6.92 Å². The molecule has 5 heteroatoms. The second kappa shape index (κ2) is 7.19. The van der Waals surface area contributed by atoms with E-state index in [0.29, 0.717) is 0 Å². The molecule has 0 bridgehead atoms. The van der Waals surface area contributed by atoms with E-state index in [2.05, 4.69) is 11.1 Å². The molecular weight excluding hydrogens is 223 g/mol. The summed E-state index contributed by atoms with van der Waals surface area (Å²) in [5.74, 6) is 0. The fourth-order valence-corrected chi connectivity index (χ4v) is 1.52. The van der Waals surface area contributed by atoms with E-state index in [1.54, 1.807) is 12.1 Å². The molecule has 15 heavy (non-hydrogen) atoms. The summed E-state index contributed by atoms with van der Waals surface area (Å²) in [7, 11) is -3.57. The summed E-state index contributed by atoms with van der Waals surface area (Å²) in [5, 5.41) is 1.02. The number of benzene rings is 1. The molecule has 1 aromatic carbocycles. The minimum absolute atomic E-state index is 0. The Labute approximate surface area is 113 Å². The average molecular weight is 234 g/mol. The number of hydrogen-bond acceptors (Lipinski definition) is 3. The Bertz CT molecular complexity index is 398. The molecule has 3 nitrogen and oxygen atoms in total. The summed E-state index contributed by atoms with van der Waals surface area (Å²) in [4.78, 5) is 0. The Morgan fingerprint density at radius 2 is 1.87 bits per heavy atom. The van der Waals surface area contributed by atoms with Gasteiger partial charge in [-0.05, 0) is 11.6 Å². The van der Waals surface area contributed by atoms with Gasteiger partial charge in [0.2, 0.25) is 0 Å².